The Bertz CT molecular complexity index is 407. The molecule has 106 valence electrons. The number of nitrogens with one attached hydrogen (secondary N) is 2. The zero-order chi connectivity index (χ0) is 14.3. The van der Waals surface area contributed by atoms with Gasteiger partial charge in [-0.05, 0) is 13.0 Å². The van der Waals surface area contributed by atoms with Gasteiger partial charge in [0, 0.05) is 25.5 Å². The van der Waals surface area contributed by atoms with Crippen LogP contribution >= 0.6 is 0 Å². The second-order valence-electron chi connectivity index (χ2n) is 4.05. The Hall–Kier alpha value is -2.09. The monoisotopic (exact) mass is 270 g/mol. The van der Waals surface area contributed by atoms with Gasteiger partial charge in [-0.2, -0.15) is 5.10 Å². The SMILES string of the molecule is COC(CNC(=O)NC(C)Cn1cccn1)C(=O)O. The quantitative estimate of drug-likeness (QED) is 0.629. The molecule has 0 aliphatic carbocycles. The highest BCUT2D eigenvalue weighted by Crippen LogP contribution is 1.91. The number of carboxylic acids is 1. The number of ether oxygens (including phenoxy) is 1. The lowest BCUT2D eigenvalue weighted by Crippen LogP contribution is -2.46. The Morgan fingerprint density at radius 3 is 2.79 bits per heavy atom. The van der Waals surface area contributed by atoms with Gasteiger partial charge in [0.2, 0.25) is 0 Å². The maximum atomic E-state index is 11.5. The van der Waals surface area contributed by atoms with Gasteiger partial charge in [0.05, 0.1) is 13.1 Å². The molecule has 1 heterocycles. The van der Waals surface area contributed by atoms with Crippen LogP contribution in [0.4, 0.5) is 4.79 Å². The Morgan fingerprint density at radius 1 is 1.53 bits per heavy atom. The highest BCUT2D eigenvalue weighted by Gasteiger charge is 2.17. The Balaban J connectivity index is 2.28. The molecule has 1 aromatic heterocycles. The third kappa shape index (κ3) is 5.38. The summed E-state index contributed by atoms with van der Waals surface area (Å²) in [6.07, 6.45) is 2.40. The van der Waals surface area contributed by atoms with E-state index >= 15 is 0 Å². The van der Waals surface area contributed by atoms with E-state index in [-0.39, 0.29) is 12.6 Å². The van der Waals surface area contributed by atoms with Gasteiger partial charge in [0.1, 0.15) is 0 Å². The van der Waals surface area contributed by atoms with Gasteiger partial charge in [0.15, 0.2) is 6.10 Å². The van der Waals surface area contributed by atoms with Crippen LogP contribution in [0, 0.1) is 0 Å². The summed E-state index contributed by atoms with van der Waals surface area (Å²) < 4.78 is 6.39. The average molecular weight is 270 g/mol. The summed E-state index contributed by atoms with van der Waals surface area (Å²) in [6.45, 7) is 2.27. The summed E-state index contributed by atoms with van der Waals surface area (Å²) in [7, 11) is 1.28. The van der Waals surface area contributed by atoms with Crippen LogP contribution in [-0.2, 0) is 16.1 Å². The van der Waals surface area contributed by atoms with Crippen molar-refractivity contribution in [3.8, 4) is 0 Å². The highest BCUT2D eigenvalue weighted by atomic mass is 16.5. The number of hydrogen-bond donors (Lipinski definition) is 3. The minimum atomic E-state index is -1.12. The van der Waals surface area contributed by atoms with Gasteiger partial charge in [0.25, 0.3) is 0 Å². The van der Waals surface area contributed by atoms with E-state index in [0.29, 0.717) is 6.54 Å². The van der Waals surface area contributed by atoms with Crippen LogP contribution in [0.5, 0.6) is 0 Å². The van der Waals surface area contributed by atoms with Gasteiger partial charge in [-0.15, -0.1) is 0 Å². The average Bonchev–Trinajstić information content (AvgIpc) is 2.81. The Kier molecular flexibility index (Phi) is 5.80. The third-order valence-electron chi connectivity index (χ3n) is 2.41. The summed E-state index contributed by atoms with van der Waals surface area (Å²) in [6, 6.07) is 1.22. The lowest BCUT2D eigenvalue weighted by atomic mass is 10.3. The van der Waals surface area contributed by atoms with E-state index in [1.807, 2.05) is 6.92 Å². The number of aromatic nitrogens is 2. The molecule has 0 fully saturated rings. The molecule has 0 aliphatic rings. The number of carbonyl (C=O) groups excluding carboxylic acids is 1. The predicted molar refractivity (Wildman–Crippen MR) is 66.7 cm³/mol. The van der Waals surface area contributed by atoms with Crippen LogP contribution in [0.15, 0.2) is 18.5 Å². The number of carbonyl (C=O) groups is 2. The van der Waals surface area contributed by atoms with Crippen molar-refractivity contribution in [2.45, 2.75) is 25.6 Å². The first-order chi connectivity index (χ1) is 9.02. The standard InChI is InChI=1S/C11H18N4O4/c1-8(7-15-5-3-4-13-15)14-11(18)12-6-9(19-2)10(16)17/h3-5,8-9H,6-7H2,1-2H3,(H,16,17)(H2,12,14,18). The molecule has 3 N–H and O–H groups in total. The van der Waals surface area contributed by atoms with E-state index in [1.54, 1.807) is 23.1 Å². The van der Waals surface area contributed by atoms with Crippen molar-refractivity contribution in [1.82, 2.24) is 20.4 Å². The molecule has 0 aliphatic heterocycles. The molecule has 0 aromatic carbocycles. The second kappa shape index (κ2) is 7.37. The normalized spacial score (nSPS) is 13.6. The number of hydrogen-bond acceptors (Lipinski definition) is 4. The number of carboxylic acid groups (broad SMARTS) is 1. The number of amides is 2. The minimum Gasteiger partial charge on any atom is -0.479 e. The van der Waals surface area contributed by atoms with Crippen molar-refractivity contribution >= 4 is 12.0 Å². The molecule has 0 saturated carbocycles. The molecule has 1 aromatic rings. The zero-order valence-corrected chi connectivity index (χ0v) is 10.9. The molecule has 8 nitrogen and oxygen atoms in total. The summed E-state index contributed by atoms with van der Waals surface area (Å²) in [5, 5.41) is 17.9. The van der Waals surface area contributed by atoms with E-state index in [9.17, 15) is 9.59 Å². The van der Waals surface area contributed by atoms with Gasteiger partial charge in [-0.25, -0.2) is 9.59 Å². The summed E-state index contributed by atoms with van der Waals surface area (Å²) in [5.74, 6) is -1.12. The van der Waals surface area contributed by atoms with Crippen LogP contribution in [0.3, 0.4) is 0 Å². The van der Waals surface area contributed by atoms with Crippen LogP contribution in [0.2, 0.25) is 0 Å². The van der Waals surface area contributed by atoms with Gasteiger partial charge < -0.3 is 20.5 Å². The Labute approximate surface area is 110 Å². The molecular formula is C11H18N4O4. The maximum absolute atomic E-state index is 11.5. The number of aliphatic carboxylic acids is 1. The second-order valence-corrected chi connectivity index (χ2v) is 4.05. The van der Waals surface area contributed by atoms with Crippen LogP contribution in [0.1, 0.15) is 6.92 Å². The topological polar surface area (TPSA) is 105 Å². The van der Waals surface area contributed by atoms with E-state index in [4.69, 9.17) is 9.84 Å². The predicted octanol–water partition coefficient (Wildman–Crippen LogP) is -0.330. The molecule has 2 unspecified atom stereocenters. The number of rotatable bonds is 7. The third-order valence-corrected chi connectivity index (χ3v) is 2.41. The van der Waals surface area contributed by atoms with E-state index in [2.05, 4.69) is 15.7 Å². The molecule has 0 radical (unpaired) electrons. The molecule has 0 bridgehead atoms. The van der Waals surface area contributed by atoms with Crippen molar-refractivity contribution in [2.75, 3.05) is 13.7 Å². The van der Waals surface area contributed by atoms with Gasteiger partial charge in [-0.1, -0.05) is 0 Å². The lowest BCUT2D eigenvalue weighted by molar-refractivity contribution is -0.147. The Morgan fingerprint density at radius 2 is 2.26 bits per heavy atom. The smallest absolute Gasteiger partial charge is 0.334 e. The molecule has 2 amide bonds. The summed E-state index contributed by atoms with van der Waals surface area (Å²) in [4.78, 5) is 22.2. The van der Waals surface area contributed by atoms with Crippen molar-refractivity contribution in [3.63, 3.8) is 0 Å². The van der Waals surface area contributed by atoms with Crippen LogP contribution in [0.25, 0.3) is 0 Å². The van der Waals surface area contributed by atoms with Crippen LogP contribution < -0.4 is 10.6 Å². The first kappa shape index (κ1) is 15.0. The zero-order valence-electron chi connectivity index (χ0n) is 10.9. The molecule has 2 atom stereocenters. The van der Waals surface area contributed by atoms with E-state index < -0.39 is 18.1 Å². The van der Waals surface area contributed by atoms with Gasteiger partial charge in [-0.3, -0.25) is 4.68 Å². The molecule has 1 rings (SSSR count). The molecule has 19 heavy (non-hydrogen) atoms. The number of urea groups is 1. The molecular weight excluding hydrogens is 252 g/mol. The fourth-order valence-electron chi connectivity index (χ4n) is 1.47. The fraction of sp³-hybridized carbons (Fsp3) is 0.545. The fourth-order valence-corrected chi connectivity index (χ4v) is 1.47. The van der Waals surface area contributed by atoms with Crippen molar-refractivity contribution in [1.29, 1.82) is 0 Å². The number of nitrogens with zero attached hydrogens (tertiary/aromatic N) is 2. The molecule has 8 heteroatoms. The first-order valence-electron chi connectivity index (χ1n) is 5.80. The summed E-state index contributed by atoms with van der Waals surface area (Å²) >= 11 is 0. The first-order valence-corrected chi connectivity index (χ1v) is 5.80. The highest BCUT2D eigenvalue weighted by molar-refractivity contribution is 5.76. The van der Waals surface area contributed by atoms with Gasteiger partial charge >= 0.3 is 12.0 Å². The molecule has 0 saturated heterocycles. The lowest BCUT2D eigenvalue weighted by Gasteiger charge is -2.16. The summed E-state index contributed by atoms with van der Waals surface area (Å²) in [5.41, 5.74) is 0. The van der Waals surface area contributed by atoms with E-state index in [1.165, 1.54) is 7.11 Å². The van der Waals surface area contributed by atoms with Crippen molar-refractivity contribution < 1.29 is 19.4 Å². The van der Waals surface area contributed by atoms with Crippen molar-refractivity contribution in [3.05, 3.63) is 18.5 Å². The van der Waals surface area contributed by atoms with E-state index in [0.717, 1.165) is 0 Å². The maximum Gasteiger partial charge on any atom is 0.334 e. The molecule has 0 spiro atoms. The number of methoxy groups -OCH3 is 1. The largest absolute Gasteiger partial charge is 0.479 e. The van der Waals surface area contributed by atoms with Crippen molar-refractivity contribution in [2.24, 2.45) is 0 Å². The minimum absolute atomic E-state index is 0.0911. The van der Waals surface area contributed by atoms with Crippen LogP contribution in [-0.4, -0.2) is 52.7 Å².